The van der Waals surface area contributed by atoms with Crippen LogP contribution >= 0.6 is 11.3 Å². The van der Waals surface area contributed by atoms with Crippen LogP contribution in [0.15, 0.2) is 46.0 Å². The monoisotopic (exact) mass is 295 g/mol. The average molecular weight is 295 g/mol. The summed E-state index contributed by atoms with van der Waals surface area (Å²) in [7, 11) is -3.10. The molecule has 3 nitrogen and oxygen atoms in total. The van der Waals surface area contributed by atoms with Crippen molar-refractivity contribution in [2.45, 2.75) is 18.2 Å². The van der Waals surface area contributed by atoms with Crippen molar-refractivity contribution in [1.29, 1.82) is 0 Å². The molecule has 0 saturated heterocycles. The molecule has 0 radical (unpaired) electrons. The second-order valence-corrected chi connectivity index (χ2v) is 7.29. The molecular weight excluding hydrogens is 278 g/mol. The zero-order valence-electron chi connectivity index (χ0n) is 10.8. The van der Waals surface area contributed by atoms with Crippen LogP contribution in [0, 0.1) is 0 Å². The topological polar surface area (TPSA) is 46.2 Å². The molecule has 2 rings (SSSR count). The van der Waals surface area contributed by atoms with E-state index >= 15 is 0 Å². The number of sulfone groups is 1. The SMILES string of the molecule is CCS(=O)(=O)c1ccc(NCCc2ccsc2)cc1. The molecule has 102 valence electrons. The van der Waals surface area contributed by atoms with E-state index in [0.717, 1.165) is 18.7 Å². The summed E-state index contributed by atoms with van der Waals surface area (Å²) in [5.74, 6) is 0.137. The predicted molar refractivity (Wildman–Crippen MR) is 80.7 cm³/mol. The van der Waals surface area contributed by atoms with Gasteiger partial charge >= 0.3 is 0 Å². The van der Waals surface area contributed by atoms with Gasteiger partial charge in [0.15, 0.2) is 9.84 Å². The lowest BCUT2D eigenvalue weighted by atomic mass is 10.2. The molecule has 0 atom stereocenters. The molecule has 2 aromatic rings. The molecule has 0 aliphatic carbocycles. The lowest BCUT2D eigenvalue weighted by Crippen LogP contribution is -2.06. The molecule has 19 heavy (non-hydrogen) atoms. The number of benzene rings is 1. The third kappa shape index (κ3) is 3.81. The Labute approximate surface area is 118 Å². The predicted octanol–water partition coefficient (Wildman–Crippen LogP) is 3.20. The summed E-state index contributed by atoms with van der Waals surface area (Å²) in [6, 6.07) is 9.06. The van der Waals surface area contributed by atoms with Crippen molar-refractivity contribution in [3.63, 3.8) is 0 Å². The lowest BCUT2D eigenvalue weighted by molar-refractivity contribution is 0.597. The molecule has 1 aromatic carbocycles. The Morgan fingerprint density at radius 1 is 1.16 bits per heavy atom. The van der Waals surface area contributed by atoms with Crippen LogP contribution in [0.5, 0.6) is 0 Å². The highest BCUT2D eigenvalue weighted by atomic mass is 32.2. The van der Waals surface area contributed by atoms with Gasteiger partial charge in [-0.1, -0.05) is 6.92 Å². The number of anilines is 1. The Hall–Kier alpha value is -1.33. The van der Waals surface area contributed by atoms with Crippen LogP contribution in [0.1, 0.15) is 12.5 Å². The first-order chi connectivity index (χ1) is 9.12. The van der Waals surface area contributed by atoms with Gasteiger partial charge in [-0.15, -0.1) is 0 Å². The van der Waals surface area contributed by atoms with Gasteiger partial charge in [-0.05, 0) is 53.1 Å². The van der Waals surface area contributed by atoms with Crippen LogP contribution in [0.25, 0.3) is 0 Å². The molecule has 0 spiro atoms. The minimum atomic E-state index is -3.10. The number of rotatable bonds is 6. The normalized spacial score (nSPS) is 11.4. The summed E-state index contributed by atoms with van der Waals surface area (Å²) < 4.78 is 23.3. The van der Waals surface area contributed by atoms with Crippen molar-refractivity contribution in [2.24, 2.45) is 0 Å². The minimum Gasteiger partial charge on any atom is -0.385 e. The zero-order valence-corrected chi connectivity index (χ0v) is 12.4. The molecule has 0 aliphatic rings. The van der Waals surface area contributed by atoms with Gasteiger partial charge in [-0.2, -0.15) is 11.3 Å². The summed E-state index contributed by atoms with van der Waals surface area (Å²) in [6.07, 6.45) is 0.971. The van der Waals surface area contributed by atoms with Crippen molar-refractivity contribution in [3.05, 3.63) is 46.7 Å². The standard InChI is InChI=1S/C14H17NO2S2/c1-2-19(16,17)14-5-3-13(4-6-14)15-9-7-12-8-10-18-11-12/h3-6,8,10-11,15H,2,7,9H2,1H3. The van der Waals surface area contributed by atoms with E-state index in [2.05, 4.69) is 22.1 Å². The van der Waals surface area contributed by atoms with Crippen molar-refractivity contribution in [2.75, 3.05) is 17.6 Å². The summed E-state index contributed by atoms with van der Waals surface area (Å²) >= 11 is 1.70. The maximum atomic E-state index is 11.7. The number of hydrogen-bond acceptors (Lipinski definition) is 4. The lowest BCUT2D eigenvalue weighted by Gasteiger charge is -2.07. The summed E-state index contributed by atoms with van der Waals surface area (Å²) in [5.41, 5.74) is 2.27. The largest absolute Gasteiger partial charge is 0.385 e. The Kier molecular flexibility index (Phi) is 4.61. The minimum absolute atomic E-state index is 0.137. The van der Waals surface area contributed by atoms with E-state index in [9.17, 15) is 8.42 Å². The zero-order chi connectivity index (χ0) is 13.7. The van der Waals surface area contributed by atoms with Gasteiger partial charge in [0.2, 0.25) is 0 Å². The molecular formula is C14H17NO2S2. The third-order valence-electron chi connectivity index (χ3n) is 2.92. The quantitative estimate of drug-likeness (QED) is 0.890. The van der Waals surface area contributed by atoms with Crippen molar-refractivity contribution >= 4 is 26.9 Å². The molecule has 0 saturated carbocycles. The second-order valence-electron chi connectivity index (χ2n) is 4.24. The molecule has 0 unspecified atom stereocenters. The van der Waals surface area contributed by atoms with Crippen LogP contribution in [-0.4, -0.2) is 20.7 Å². The van der Waals surface area contributed by atoms with Gasteiger partial charge in [0.1, 0.15) is 0 Å². The number of hydrogen-bond donors (Lipinski definition) is 1. The van der Waals surface area contributed by atoms with E-state index < -0.39 is 9.84 Å². The van der Waals surface area contributed by atoms with Gasteiger partial charge in [-0.3, -0.25) is 0 Å². The van der Waals surface area contributed by atoms with Crippen LogP contribution in [-0.2, 0) is 16.3 Å². The molecule has 0 fully saturated rings. The van der Waals surface area contributed by atoms with Crippen LogP contribution < -0.4 is 5.32 Å². The van der Waals surface area contributed by atoms with Crippen molar-refractivity contribution < 1.29 is 8.42 Å². The Bertz CT molecular complexity index is 601. The highest BCUT2D eigenvalue weighted by Gasteiger charge is 2.10. The van der Waals surface area contributed by atoms with E-state index in [4.69, 9.17) is 0 Å². The number of nitrogens with one attached hydrogen (secondary N) is 1. The third-order valence-corrected chi connectivity index (χ3v) is 5.40. The summed E-state index contributed by atoms with van der Waals surface area (Å²) in [5, 5.41) is 7.50. The first-order valence-corrected chi connectivity index (χ1v) is 8.79. The molecule has 1 heterocycles. The molecule has 5 heteroatoms. The molecule has 0 amide bonds. The van der Waals surface area contributed by atoms with Gasteiger partial charge in [0.05, 0.1) is 10.6 Å². The van der Waals surface area contributed by atoms with E-state index in [0.29, 0.717) is 4.90 Å². The molecule has 1 aromatic heterocycles. The average Bonchev–Trinajstić information content (AvgIpc) is 2.92. The van der Waals surface area contributed by atoms with E-state index in [1.165, 1.54) is 5.56 Å². The smallest absolute Gasteiger partial charge is 0.178 e. The van der Waals surface area contributed by atoms with Gasteiger partial charge in [-0.25, -0.2) is 8.42 Å². The molecule has 1 N–H and O–H groups in total. The second kappa shape index (κ2) is 6.21. The van der Waals surface area contributed by atoms with E-state index in [1.54, 1.807) is 30.4 Å². The number of thiophene rings is 1. The molecule has 0 aliphatic heterocycles. The van der Waals surface area contributed by atoms with Crippen LogP contribution in [0.4, 0.5) is 5.69 Å². The fraction of sp³-hybridized carbons (Fsp3) is 0.286. The highest BCUT2D eigenvalue weighted by molar-refractivity contribution is 7.91. The van der Waals surface area contributed by atoms with E-state index in [1.807, 2.05) is 12.1 Å². The maximum Gasteiger partial charge on any atom is 0.178 e. The van der Waals surface area contributed by atoms with Gasteiger partial charge in [0, 0.05) is 12.2 Å². The van der Waals surface area contributed by atoms with E-state index in [-0.39, 0.29) is 5.75 Å². The first-order valence-electron chi connectivity index (χ1n) is 6.19. The Morgan fingerprint density at radius 2 is 1.89 bits per heavy atom. The fourth-order valence-corrected chi connectivity index (χ4v) is 3.32. The Balaban J connectivity index is 1.92. The maximum absolute atomic E-state index is 11.7. The van der Waals surface area contributed by atoms with Crippen LogP contribution in [0.3, 0.4) is 0 Å². The first kappa shape index (κ1) is 14.1. The Morgan fingerprint density at radius 3 is 2.47 bits per heavy atom. The van der Waals surface area contributed by atoms with Gasteiger partial charge < -0.3 is 5.32 Å². The summed E-state index contributed by atoms with van der Waals surface area (Å²) in [4.78, 5) is 0.387. The van der Waals surface area contributed by atoms with Gasteiger partial charge in [0.25, 0.3) is 0 Å². The van der Waals surface area contributed by atoms with Crippen molar-refractivity contribution in [3.8, 4) is 0 Å². The van der Waals surface area contributed by atoms with Crippen molar-refractivity contribution in [1.82, 2.24) is 0 Å². The van der Waals surface area contributed by atoms with Crippen LogP contribution in [0.2, 0.25) is 0 Å². The highest BCUT2D eigenvalue weighted by Crippen LogP contribution is 2.15. The molecule has 0 bridgehead atoms. The summed E-state index contributed by atoms with van der Waals surface area (Å²) in [6.45, 7) is 2.50. The fourth-order valence-electron chi connectivity index (χ4n) is 1.73.